The number of imidazole rings is 1. The average Bonchev–Trinajstić information content (AvgIpc) is 2.76. The van der Waals surface area contributed by atoms with Crippen molar-refractivity contribution in [1.82, 2.24) is 9.97 Å². The maximum Gasteiger partial charge on any atom is 0.356 e. The lowest BCUT2D eigenvalue weighted by atomic mass is 10.3. The first-order valence-corrected chi connectivity index (χ1v) is 5.09. The number of nitrogens with zero attached hydrogens (tertiary/aromatic N) is 1. The van der Waals surface area contributed by atoms with Crippen molar-refractivity contribution in [2.75, 3.05) is 20.3 Å². The lowest BCUT2D eigenvalue weighted by Crippen LogP contribution is -2.14. The fourth-order valence-electron chi connectivity index (χ4n) is 1.26. The first-order valence-electron chi connectivity index (χ1n) is 5.09. The summed E-state index contributed by atoms with van der Waals surface area (Å²) in [6.07, 6.45) is 0.766. The van der Waals surface area contributed by atoms with Crippen molar-refractivity contribution in [2.45, 2.75) is 20.1 Å². The van der Waals surface area contributed by atoms with E-state index in [0.29, 0.717) is 18.9 Å². The van der Waals surface area contributed by atoms with E-state index in [-0.39, 0.29) is 5.69 Å². The van der Waals surface area contributed by atoms with E-state index < -0.39 is 12.3 Å². The van der Waals surface area contributed by atoms with Gasteiger partial charge in [-0.2, -0.15) is 0 Å². The summed E-state index contributed by atoms with van der Waals surface area (Å²) in [6, 6.07) is 0. The van der Waals surface area contributed by atoms with Crippen molar-refractivity contribution in [1.29, 1.82) is 0 Å². The van der Waals surface area contributed by atoms with Gasteiger partial charge in [-0.15, -0.1) is 0 Å². The Labute approximate surface area is 93.9 Å². The number of esters is 1. The molecular formula is C10H16N2O4. The monoisotopic (exact) mass is 228 g/mol. The van der Waals surface area contributed by atoms with Gasteiger partial charge in [0.1, 0.15) is 5.69 Å². The van der Waals surface area contributed by atoms with E-state index in [9.17, 15) is 4.79 Å². The largest absolute Gasteiger partial charge is 0.464 e. The van der Waals surface area contributed by atoms with Gasteiger partial charge in [0.15, 0.2) is 5.69 Å². The molecule has 0 radical (unpaired) electrons. The van der Waals surface area contributed by atoms with Crippen molar-refractivity contribution in [3.63, 3.8) is 0 Å². The lowest BCUT2D eigenvalue weighted by Gasteiger charge is -2.15. The molecule has 1 aromatic rings. The molecule has 90 valence electrons. The predicted molar refractivity (Wildman–Crippen MR) is 55.9 cm³/mol. The topological polar surface area (TPSA) is 73.4 Å². The van der Waals surface area contributed by atoms with Gasteiger partial charge in [-0.25, -0.2) is 9.78 Å². The van der Waals surface area contributed by atoms with Crippen molar-refractivity contribution in [3.8, 4) is 0 Å². The Hall–Kier alpha value is -1.40. The fourth-order valence-corrected chi connectivity index (χ4v) is 1.26. The van der Waals surface area contributed by atoms with Crippen LogP contribution in [0, 0.1) is 0 Å². The molecule has 16 heavy (non-hydrogen) atoms. The van der Waals surface area contributed by atoms with E-state index in [2.05, 4.69) is 14.7 Å². The first-order chi connectivity index (χ1) is 7.74. The van der Waals surface area contributed by atoms with Gasteiger partial charge < -0.3 is 19.2 Å². The Balaban J connectivity index is 2.90. The molecule has 0 bridgehead atoms. The number of aromatic nitrogens is 2. The molecule has 0 aromatic carbocycles. The van der Waals surface area contributed by atoms with Crippen LogP contribution in [0.15, 0.2) is 6.33 Å². The number of methoxy groups -OCH3 is 1. The van der Waals surface area contributed by atoms with Gasteiger partial charge in [-0.05, 0) is 13.8 Å². The number of carbonyl (C=O) groups is 1. The van der Waals surface area contributed by atoms with Crippen molar-refractivity contribution in [2.24, 2.45) is 0 Å². The van der Waals surface area contributed by atoms with Crippen LogP contribution < -0.4 is 0 Å². The number of nitrogens with one attached hydrogen (secondary N) is 1. The molecule has 1 aromatic heterocycles. The SMILES string of the molecule is CCOC(OCC)c1nc[nH]c1C(=O)OC. The molecule has 0 aliphatic heterocycles. The van der Waals surface area contributed by atoms with Crippen molar-refractivity contribution < 1.29 is 19.0 Å². The molecule has 0 aliphatic rings. The molecule has 0 atom stereocenters. The highest BCUT2D eigenvalue weighted by Gasteiger charge is 2.23. The summed E-state index contributed by atoms with van der Waals surface area (Å²) >= 11 is 0. The van der Waals surface area contributed by atoms with E-state index >= 15 is 0 Å². The third kappa shape index (κ3) is 2.80. The first kappa shape index (κ1) is 12.7. The third-order valence-electron chi connectivity index (χ3n) is 1.92. The molecule has 0 spiro atoms. The molecule has 0 saturated carbocycles. The number of aromatic amines is 1. The number of H-pyrrole nitrogens is 1. The second-order valence-electron chi connectivity index (χ2n) is 2.90. The highest BCUT2D eigenvalue weighted by molar-refractivity contribution is 5.88. The summed E-state index contributed by atoms with van der Waals surface area (Å²) in [5.74, 6) is -0.489. The number of rotatable bonds is 6. The van der Waals surface area contributed by atoms with Gasteiger partial charge >= 0.3 is 5.97 Å². The Kier molecular flexibility index (Phi) is 4.94. The zero-order chi connectivity index (χ0) is 12.0. The highest BCUT2D eigenvalue weighted by atomic mass is 16.7. The minimum absolute atomic E-state index is 0.259. The van der Waals surface area contributed by atoms with Crippen LogP contribution in [-0.4, -0.2) is 36.3 Å². The van der Waals surface area contributed by atoms with Crippen LogP contribution in [0.4, 0.5) is 0 Å². The number of ether oxygens (including phenoxy) is 3. The van der Waals surface area contributed by atoms with Crippen LogP contribution >= 0.6 is 0 Å². The van der Waals surface area contributed by atoms with Crippen LogP contribution in [0.3, 0.4) is 0 Å². The minimum atomic E-state index is -0.643. The summed E-state index contributed by atoms with van der Waals surface area (Å²) in [6.45, 7) is 4.63. The smallest absolute Gasteiger partial charge is 0.356 e. The molecule has 6 nitrogen and oxygen atoms in total. The molecule has 0 fully saturated rings. The predicted octanol–water partition coefficient (Wildman–Crippen LogP) is 1.27. The number of carbonyl (C=O) groups excluding carboxylic acids is 1. The quantitative estimate of drug-likeness (QED) is 0.586. The van der Waals surface area contributed by atoms with Gasteiger partial charge in [-0.1, -0.05) is 0 Å². The van der Waals surface area contributed by atoms with Gasteiger partial charge in [0.05, 0.1) is 13.4 Å². The summed E-state index contributed by atoms with van der Waals surface area (Å²) in [5.41, 5.74) is 0.671. The summed E-state index contributed by atoms with van der Waals surface area (Å²) < 4.78 is 15.3. The third-order valence-corrected chi connectivity index (χ3v) is 1.92. The molecule has 0 saturated heterocycles. The summed E-state index contributed by atoms with van der Waals surface area (Å²) in [4.78, 5) is 18.1. The molecule has 1 N–H and O–H groups in total. The molecule has 0 unspecified atom stereocenters. The summed E-state index contributed by atoms with van der Waals surface area (Å²) in [5, 5.41) is 0. The Morgan fingerprint density at radius 3 is 2.56 bits per heavy atom. The molecule has 1 rings (SSSR count). The van der Waals surface area contributed by atoms with Crippen LogP contribution in [0.5, 0.6) is 0 Å². The van der Waals surface area contributed by atoms with E-state index in [1.807, 2.05) is 13.8 Å². The van der Waals surface area contributed by atoms with Crippen LogP contribution in [0.1, 0.15) is 36.3 Å². The van der Waals surface area contributed by atoms with E-state index in [0.717, 1.165) is 0 Å². The number of hydrogen-bond acceptors (Lipinski definition) is 5. The van der Waals surface area contributed by atoms with Crippen LogP contribution in [0.25, 0.3) is 0 Å². The molecule has 6 heteroatoms. The Morgan fingerprint density at radius 1 is 1.44 bits per heavy atom. The van der Waals surface area contributed by atoms with Crippen molar-refractivity contribution >= 4 is 5.97 Å². The van der Waals surface area contributed by atoms with Crippen LogP contribution in [-0.2, 0) is 14.2 Å². The standard InChI is InChI=1S/C10H16N2O4/c1-4-15-10(16-5-2)8-7(9(13)14-3)11-6-12-8/h6,10H,4-5H2,1-3H3,(H,11,12). The number of hydrogen-bond donors (Lipinski definition) is 1. The zero-order valence-electron chi connectivity index (χ0n) is 9.65. The molecule has 0 amide bonds. The zero-order valence-corrected chi connectivity index (χ0v) is 9.65. The second kappa shape index (κ2) is 6.24. The van der Waals surface area contributed by atoms with E-state index in [4.69, 9.17) is 9.47 Å². The van der Waals surface area contributed by atoms with Gasteiger partial charge in [-0.3, -0.25) is 0 Å². The van der Waals surface area contributed by atoms with E-state index in [1.54, 1.807) is 0 Å². The maximum atomic E-state index is 11.4. The minimum Gasteiger partial charge on any atom is -0.464 e. The van der Waals surface area contributed by atoms with Crippen molar-refractivity contribution in [3.05, 3.63) is 17.7 Å². The van der Waals surface area contributed by atoms with E-state index in [1.165, 1.54) is 13.4 Å². The fraction of sp³-hybridized carbons (Fsp3) is 0.600. The lowest BCUT2D eigenvalue weighted by molar-refractivity contribution is -0.142. The Bertz CT molecular complexity index is 331. The van der Waals surface area contributed by atoms with Gasteiger partial charge in [0.25, 0.3) is 0 Å². The normalized spacial score (nSPS) is 10.8. The average molecular weight is 228 g/mol. The van der Waals surface area contributed by atoms with Crippen LogP contribution in [0.2, 0.25) is 0 Å². The maximum absolute atomic E-state index is 11.4. The van der Waals surface area contributed by atoms with Gasteiger partial charge in [0.2, 0.25) is 6.29 Å². The summed E-state index contributed by atoms with van der Waals surface area (Å²) in [7, 11) is 1.31. The second-order valence-corrected chi connectivity index (χ2v) is 2.90. The Morgan fingerprint density at radius 2 is 2.06 bits per heavy atom. The molecular weight excluding hydrogens is 212 g/mol. The molecule has 1 heterocycles. The highest BCUT2D eigenvalue weighted by Crippen LogP contribution is 2.20. The molecule has 0 aliphatic carbocycles. The van der Waals surface area contributed by atoms with Gasteiger partial charge in [0, 0.05) is 13.2 Å².